The molecule has 1 heterocycles. The van der Waals surface area contributed by atoms with Crippen molar-refractivity contribution in [2.45, 2.75) is 26.0 Å². The lowest BCUT2D eigenvalue weighted by atomic mass is 10.1. The maximum absolute atomic E-state index is 6.03. The molecule has 4 nitrogen and oxygen atoms in total. The Kier molecular flexibility index (Phi) is 3.67. The van der Waals surface area contributed by atoms with Crippen LogP contribution < -0.4 is 10.5 Å². The number of aromatic nitrogens is 2. The molecule has 2 aromatic rings. The normalized spacial score (nSPS) is 14.2. The first-order chi connectivity index (χ1) is 8.58. The number of nitrogens with zero attached hydrogens (tertiary/aromatic N) is 2. The Morgan fingerprint density at radius 3 is 2.61 bits per heavy atom. The standard InChI is InChI=1S/C14H19N3O/c1-10-6-4-5-7-13(10)18-14(11(2)15)12-8-16-17(3)9-12/h4-9,11,14H,15H2,1-3H3. The van der Waals surface area contributed by atoms with Gasteiger partial charge in [0.25, 0.3) is 0 Å². The third-order valence-electron chi connectivity index (χ3n) is 2.88. The quantitative estimate of drug-likeness (QED) is 0.898. The number of rotatable bonds is 4. The third kappa shape index (κ3) is 2.71. The van der Waals surface area contributed by atoms with Gasteiger partial charge in [0.2, 0.25) is 0 Å². The van der Waals surface area contributed by atoms with Crippen molar-refractivity contribution in [3.63, 3.8) is 0 Å². The molecular weight excluding hydrogens is 226 g/mol. The molecule has 2 N–H and O–H groups in total. The lowest BCUT2D eigenvalue weighted by Crippen LogP contribution is -2.29. The van der Waals surface area contributed by atoms with Crippen LogP contribution in [0.3, 0.4) is 0 Å². The Hall–Kier alpha value is -1.81. The average molecular weight is 245 g/mol. The van der Waals surface area contributed by atoms with E-state index in [1.165, 1.54) is 0 Å². The summed E-state index contributed by atoms with van der Waals surface area (Å²) in [7, 11) is 1.88. The van der Waals surface area contributed by atoms with E-state index in [4.69, 9.17) is 10.5 Å². The number of nitrogens with two attached hydrogens (primary N) is 1. The molecule has 0 aliphatic rings. The highest BCUT2D eigenvalue weighted by atomic mass is 16.5. The monoisotopic (exact) mass is 245 g/mol. The topological polar surface area (TPSA) is 53.1 Å². The van der Waals surface area contributed by atoms with Crippen LogP contribution in [0.25, 0.3) is 0 Å². The first-order valence-electron chi connectivity index (χ1n) is 6.04. The van der Waals surface area contributed by atoms with E-state index < -0.39 is 0 Å². The zero-order chi connectivity index (χ0) is 13.1. The number of ether oxygens (including phenoxy) is 1. The SMILES string of the molecule is Cc1ccccc1OC(c1cnn(C)c1)C(C)N. The van der Waals surface area contributed by atoms with Gasteiger partial charge in [-0.1, -0.05) is 18.2 Å². The van der Waals surface area contributed by atoms with Crippen LogP contribution in [0.2, 0.25) is 0 Å². The molecular formula is C14H19N3O. The molecule has 0 radical (unpaired) electrons. The van der Waals surface area contributed by atoms with Crippen molar-refractivity contribution in [3.05, 3.63) is 47.8 Å². The van der Waals surface area contributed by atoms with E-state index in [0.717, 1.165) is 16.9 Å². The summed E-state index contributed by atoms with van der Waals surface area (Å²) in [6, 6.07) is 7.84. The van der Waals surface area contributed by atoms with Crippen molar-refractivity contribution in [2.24, 2.45) is 12.8 Å². The molecule has 0 saturated carbocycles. The minimum Gasteiger partial charge on any atom is -0.484 e. The second-order valence-electron chi connectivity index (χ2n) is 4.61. The minimum absolute atomic E-state index is 0.103. The highest BCUT2D eigenvalue weighted by molar-refractivity contribution is 5.32. The summed E-state index contributed by atoms with van der Waals surface area (Å²) in [4.78, 5) is 0. The zero-order valence-corrected chi connectivity index (χ0v) is 11.0. The molecule has 1 aromatic carbocycles. The van der Waals surface area contributed by atoms with Gasteiger partial charge in [0.05, 0.1) is 6.20 Å². The third-order valence-corrected chi connectivity index (χ3v) is 2.88. The number of hydrogen-bond acceptors (Lipinski definition) is 3. The smallest absolute Gasteiger partial charge is 0.141 e. The Bertz CT molecular complexity index is 519. The van der Waals surface area contributed by atoms with Gasteiger partial charge >= 0.3 is 0 Å². The van der Waals surface area contributed by atoms with Gasteiger partial charge in [-0.15, -0.1) is 0 Å². The second-order valence-corrected chi connectivity index (χ2v) is 4.61. The van der Waals surface area contributed by atoms with Gasteiger partial charge in [-0.3, -0.25) is 4.68 Å². The molecule has 0 aliphatic carbocycles. The highest BCUT2D eigenvalue weighted by Crippen LogP contribution is 2.26. The number of aryl methyl sites for hydroxylation is 2. The Morgan fingerprint density at radius 2 is 2.06 bits per heavy atom. The van der Waals surface area contributed by atoms with Gasteiger partial charge in [-0.25, -0.2) is 0 Å². The largest absolute Gasteiger partial charge is 0.484 e. The molecule has 0 spiro atoms. The van der Waals surface area contributed by atoms with Crippen LogP contribution in [-0.4, -0.2) is 15.8 Å². The van der Waals surface area contributed by atoms with Crippen molar-refractivity contribution >= 4 is 0 Å². The van der Waals surface area contributed by atoms with Crippen LogP contribution in [-0.2, 0) is 7.05 Å². The van der Waals surface area contributed by atoms with E-state index >= 15 is 0 Å². The summed E-state index contributed by atoms with van der Waals surface area (Å²) in [6.07, 6.45) is 3.55. The van der Waals surface area contributed by atoms with Crippen molar-refractivity contribution in [1.82, 2.24) is 9.78 Å². The van der Waals surface area contributed by atoms with Crippen LogP contribution in [0.4, 0.5) is 0 Å². The number of hydrogen-bond donors (Lipinski definition) is 1. The van der Waals surface area contributed by atoms with Crippen molar-refractivity contribution in [1.29, 1.82) is 0 Å². The van der Waals surface area contributed by atoms with E-state index in [1.807, 2.05) is 51.4 Å². The van der Waals surface area contributed by atoms with Gasteiger partial charge < -0.3 is 10.5 Å². The summed E-state index contributed by atoms with van der Waals surface area (Å²) in [5.41, 5.74) is 8.11. The Morgan fingerprint density at radius 1 is 1.33 bits per heavy atom. The maximum Gasteiger partial charge on any atom is 0.141 e. The van der Waals surface area contributed by atoms with Gasteiger partial charge in [0.15, 0.2) is 0 Å². The minimum atomic E-state index is -0.181. The van der Waals surface area contributed by atoms with Gasteiger partial charge in [-0.2, -0.15) is 5.10 Å². The van der Waals surface area contributed by atoms with Crippen molar-refractivity contribution in [2.75, 3.05) is 0 Å². The summed E-state index contributed by atoms with van der Waals surface area (Å²) in [5, 5.41) is 4.17. The molecule has 0 aliphatic heterocycles. The predicted octanol–water partition coefficient (Wildman–Crippen LogP) is 2.20. The lowest BCUT2D eigenvalue weighted by molar-refractivity contribution is 0.179. The van der Waals surface area contributed by atoms with Gasteiger partial charge in [-0.05, 0) is 25.5 Å². The Balaban J connectivity index is 2.25. The molecule has 0 fully saturated rings. The molecule has 2 atom stereocenters. The van der Waals surface area contributed by atoms with Crippen LogP contribution in [0.1, 0.15) is 24.2 Å². The van der Waals surface area contributed by atoms with Crippen LogP contribution in [0.5, 0.6) is 5.75 Å². The molecule has 4 heteroatoms. The number of para-hydroxylation sites is 1. The Labute approximate surface area is 107 Å². The van der Waals surface area contributed by atoms with Crippen LogP contribution in [0.15, 0.2) is 36.7 Å². The summed E-state index contributed by atoms with van der Waals surface area (Å²) < 4.78 is 7.78. The highest BCUT2D eigenvalue weighted by Gasteiger charge is 2.20. The molecule has 0 saturated heterocycles. The van der Waals surface area contributed by atoms with Crippen LogP contribution >= 0.6 is 0 Å². The summed E-state index contributed by atoms with van der Waals surface area (Å²) >= 11 is 0. The molecule has 1 aromatic heterocycles. The first kappa shape index (κ1) is 12.6. The van der Waals surface area contributed by atoms with Crippen molar-refractivity contribution < 1.29 is 4.74 Å². The van der Waals surface area contributed by atoms with Crippen LogP contribution in [0, 0.1) is 6.92 Å². The molecule has 2 unspecified atom stereocenters. The molecule has 96 valence electrons. The average Bonchev–Trinajstić information content (AvgIpc) is 2.74. The summed E-state index contributed by atoms with van der Waals surface area (Å²) in [6.45, 7) is 3.97. The fourth-order valence-electron chi connectivity index (χ4n) is 1.89. The number of benzene rings is 1. The van der Waals surface area contributed by atoms with Gasteiger partial charge in [0, 0.05) is 24.8 Å². The molecule has 2 rings (SSSR count). The van der Waals surface area contributed by atoms with E-state index in [0.29, 0.717) is 0 Å². The maximum atomic E-state index is 6.03. The van der Waals surface area contributed by atoms with E-state index in [-0.39, 0.29) is 12.1 Å². The lowest BCUT2D eigenvalue weighted by Gasteiger charge is -2.22. The molecule has 0 bridgehead atoms. The fourth-order valence-corrected chi connectivity index (χ4v) is 1.89. The zero-order valence-electron chi connectivity index (χ0n) is 11.0. The predicted molar refractivity (Wildman–Crippen MR) is 71.4 cm³/mol. The first-order valence-corrected chi connectivity index (χ1v) is 6.04. The van der Waals surface area contributed by atoms with E-state index in [9.17, 15) is 0 Å². The fraction of sp³-hybridized carbons (Fsp3) is 0.357. The van der Waals surface area contributed by atoms with E-state index in [1.54, 1.807) is 10.9 Å². The molecule has 18 heavy (non-hydrogen) atoms. The van der Waals surface area contributed by atoms with E-state index in [2.05, 4.69) is 5.10 Å². The van der Waals surface area contributed by atoms with Gasteiger partial charge in [0.1, 0.15) is 11.9 Å². The second kappa shape index (κ2) is 5.23. The molecule has 0 amide bonds. The van der Waals surface area contributed by atoms with Crippen molar-refractivity contribution in [3.8, 4) is 5.75 Å². The summed E-state index contributed by atoms with van der Waals surface area (Å²) in [5.74, 6) is 0.864.